The summed E-state index contributed by atoms with van der Waals surface area (Å²) in [6.07, 6.45) is 1.97. The number of carbonyl (C=O) groups is 1. The number of hydrogen-bond acceptors (Lipinski definition) is 4. The van der Waals surface area contributed by atoms with Gasteiger partial charge in [-0.25, -0.2) is 0 Å². The molecule has 0 bridgehead atoms. The average Bonchev–Trinajstić information content (AvgIpc) is 2.62. The van der Waals surface area contributed by atoms with Gasteiger partial charge in [-0.2, -0.15) is 0 Å². The molecule has 23 heavy (non-hydrogen) atoms. The lowest BCUT2D eigenvalue weighted by Crippen LogP contribution is -2.63. The molecule has 2 atom stereocenters. The molecule has 1 saturated heterocycles. The Morgan fingerprint density at radius 1 is 1.26 bits per heavy atom. The number of amides is 1. The third kappa shape index (κ3) is 2.85. The third-order valence-corrected chi connectivity index (χ3v) is 4.29. The van der Waals surface area contributed by atoms with Crippen LogP contribution in [0.1, 0.15) is 24.6 Å². The summed E-state index contributed by atoms with van der Waals surface area (Å²) in [5.41, 5.74) is -0.171. The first-order valence-corrected chi connectivity index (χ1v) is 7.84. The predicted molar refractivity (Wildman–Crippen MR) is 87.5 cm³/mol. The highest BCUT2D eigenvalue weighted by molar-refractivity contribution is 5.74. The van der Waals surface area contributed by atoms with Gasteiger partial charge in [-0.15, -0.1) is 0 Å². The normalized spacial score (nSPS) is 20.8. The second kappa shape index (κ2) is 6.48. The van der Waals surface area contributed by atoms with Gasteiger partial charge >= 0.3 is 0 Å². The summed E-state index contributed by atoms with van der Waals surface area (Å²) in [5.74, 6) is -0.0625. The Morgan fingerprint density at radius 2 is 2.00 bits per heavy atom. The Balaban J connectivity index is 2.14. The molecule has 1 fully saturated rings. The quantitative estimate of drug-likeness (QED) is 0.901. The van der Waals surface area contributed by atoms with E-state index >= 15 is 0 Å². The standard InChI is InChI=1S/C18H21N3O2/c1-14(22)21-13-7-12-20-17(21)18(23,15-8-3-2-4-9-15)16-10-5-6-11-19-16/h2-6,8-11,17,20,23H,7,12-13H2,1H3. The third-order valence-electron chi connectivity index (χ3n) is 4.29. The van der Waals surface area contributed by atoms with Crippen LogP contribution in [0.5, 0.6) is 0 Å². The molecule has 1 aromatic carbocycles. The summed E-state index contributed by atoms with van der Waals surface area (Å²) < 4.78 is 0. The number of aliphatic hydroxyl groups is 1. The highest BCUT2D eigenvalue weighted by Crippen LogP contribution is 2.34. The van der Waals surface area contributed by atoms with Crippen molar-refractivity contribution >= 4 is 5.91 Å². The van der Waals surface area contributed by atoms with Crippen molar-refractivity contribution in [1.29, 1.82) is 0 Å². The number of benzene rings is 1. The number of nitrogens with one attached hydrogen (secondary N) is 1. The van der Waals surface area contributed by atoms with Crippen molar-refractivity contribution in [3.05, 3.63) is 66.0 Å². The van der Waals surface area contributed by atoms with Crippen LogP contribution in [-0.2, 0) is 10.4 Å². The van der Waals surface area contributed by atoms with Gasteiger partial charge in [0.2, 0.25) is 5.91 Å². The summed E-state index contributed by atoms with van der Waals surface area (Å²) in [6, 6.07) is 14.8. The van der Waals surface area contributed by atoms with Gasteiger partial charge in [-0.05, 0) is 30.7 Å². The fraction of sp³-hybridized carbons (Fsp3) is 0.333. The maximum atomic E-state index is 12.1. The SMILES string of the molecule is CC(=O)N1CCCNC1C(O)(c1ccccc1)c1ccccn1. The van der Waals surface area contributed by atoms with Crippen molar-refractivity contribution in [1.82, 2.24) is 15.2 Å². The second-order valence-electron chi connectivity index (χ2n) is 5.77. The molecule has 2 heterocycles. The minimum atomic E-state index is -1.41. The monoisotopic (exact) mass is 311 g/mol. The summed E-state index contributed by atoms with van der Waals surface area (Å²) in [5, 5.41) is 15.0. The predicted octanol–water partition coefficient (Wildman–Crippen LogP) is 1.49. The van der Waals surface area contributed by atoms with Crippen LogP contribution in [0, 0.1) is 0 Å². The van der Waals surface area contributed by atoms with Gasteiger partial charge in [0, 0.05) is 19.7 Å². The minimum absolute atomic E-state index is 0.0625. The lowest BCUT2D eigenvalue weighted by molar-refractivity contribution is -0.141. The Morgan fingerprint density at radius 3 is 2.65 bits per heavy atom. The molecule has 1 aromatic heterocycles. The van der Waals surface area contributed by atoms with E-state index in [4.69, 9.17) is 0 Å². The highest BCUT2D eigenvalue weighted by atomic mass is 16.3. The van der Waals surface area contributed by atoms with Crippen molar-refractivity contribution in [2.24, 2.45) is 0 Å². The zero-order valence-corrected chi connectivity index (χ0v) is 13.1. The van der Waals surface area contributed by atoms with Gasteiger partial charge in [-0.1, -0.05) is 36.4 Å². The lowest BCUT2D eigenvalue weighted by atomic mass is 9.85. The molecule has 2 aromatic rings. The van der Waals surface area contributed by atoms with E-state index in [1.54, 1.807) is 17.2 Å². The molecule has 2 N–H and O–H groups in total. The first kappa shape index (κ1) is 15.6. The van der Waals surface area contributed by atoms with E-state index in [0.29, 0.717) is 17.8 Å². The topological polar surface area (TPSA) is 65.5 Å². The van der Waals surface area contributed by atoms with Crippen molar-refractivity contribution in [2.45, 2.75) is 25.1 Å². The first-order valence-electron chi connectivity index (χ1n) is 7.84. The van der Waals surface area contributed by atoms with Crippen molar-refractivity contribution in [3.63, 3.8) is 0 Å². The van der Waals surface area contributed by atoms with Gasteiger partial charge in [0.05, 0.1) is 5.69 Å². The molecule has 0 aliphatic carbocycles. The second-order valence-corrected chi connectivity index (χ2v) is 5.77. The summed E-state index contributed by atoms with van der Waals surface area (Å²) in [4.78, 5) is 18.1. The maximum Gasteiger partial charge on any atom is 0.220 e. The molecule has 1 amide bonds. The van der Waals surface area contributed by atoms with Crippen molar-refractivity contribution < 1.29 is 9.90 Å². The van der Waals surface area contributed by atoms with Crippen molar-refractivity contribution in [2.75, 3.05) is 13.1 Å². The van der Waals surface area contributed by atoms with Gasteiger partial charge in [0.1, 0.15) is 6.17 Å². The zero-order valence-electron chi connectivity index (χ0n) is 13.1. The molecule has 1 aliphatic rings. The molecule has 5 heteroatoms. The highest BCUT2D eigenvalue weighted by Gasteiger charge is 2.46. The fourth-order valence-electron chi connectivity index (χ4n) is 3.17. The van der Waals surface area contributed by atoms with Crippen LogP contribution in [-0.4, -0.2) is 40.2 Å². The Labute approximate surface area is 136 Å². The maximum absolute atomic E-state index is 12.1. The molecule has 2 unspecified atom stereocenters. The summed E-state index contributed by atoms with van der Waals surface area (Å²) in [7, 11) is 0. The number of carbonyl (C=O) groups excluding carboxylic acids is 1. The van der Waals surface area contributed by atoms with Crippen LogP contribution in [0.15, 0.2) is 54.7 Å². The van der Waals surface area contributed by atoms with Crippen LogP contribution < -0.4 is 5.32 Å². The largest absolute Gasteiger partial charge is 0.375 e. The number of nitrogens with zero attached hydrogens (tertiary/aromatic N) is 2. The van der Waals surface area contributed by atoms with Gasteiger partial charge < -0.3 is 10.0 Å². The van der Waals surface area contributed by atoms with Crippen LogP contribution in [0.3, 0.4) is 0 Å². The van der Waals surface area contributed by atoms with Crippen LogP contribution >= 0.6 is 0 Å². The molecule has 5 nitrogen and oxygen atoms in total. The Bertz CT molecular complexity index is 621. The van der Waals surface area contributed by atoms with Gasteiger partial charge in [-0.3, -0.25) is 15.1 Å². The van der Waals surface area contributed by atoms with E-state index in [1.165, 1.54) is 6.92 Å². The van der Waals surface area contributed by atoms with E-state index in [9.17, 15) is 9.90 Å². The molecule has 3 rings (SSSR count). The molecule has 120 valence electrons. The molecular formula is C18H21N3O2. The van der Waals surface area contributed by atoms with Crippen LogP contribution in [0.4, 0.5) is 0 Å². The van der Waals surface area contributed by atoms with E-state index < -0.39 is 11.8 Å². The minimum Gasteiger partial charge on any atom is -0.375 e. The molecule has 0 radical (unpaired) electrons. The van der Waals surface area contributed by atoms with Crippen LogP contribution in [0.25, 0.3) is 0 Å². The number of pyridine rings is 1. The van der Waals surface area contributed by atoms with E-state index in [-0.39, 0.29) is 5.91 Å². The van der Waals surface area contributed by atoms with Crippen LogP contribution in [0.2, 0.25) is 0 Å². The molecule has 0 spiro atoms. The van der Waals surface area contributed by atoms with E-state index in [0.717, 1.165) is 13.0 Å². The molecule has 0 saturated carbocycles. The lowest BCUT2D eigenvalue weighted by Gasteiger charge is -2.45. The van der Waals surface area contributed by atoms with E-state index in [1.807, 2.05) is 42.5 Å². The average molecular weight is 311 g/mol. The van der Waals surface area contributed by atoms with Gasteiger partial charge in [0.15, 0.2) is 5.60 Å². The number of hydrogen-bond donors (Lipinski definition) is 2. The van der Waals surface area contributed by atoms with E-state index in [2.05, 4.69) is 10.3 Å². The number of aromatic nitrogens is 1. The zero-order chi connectivity index (χ0) is 16.3. The van der Waals surface area contributed by atoms with Crippen molar-refractivity contribution in [3.8, 4) is 0 Å². The van der Waals surface area contributed by atoms with Gasteiger partial charge in [0.25, 0.3) is 0 Å². The fourth-order valence-corrected chi connectivity index (χ4v) is 3.17. The smallest absolute Gasteiger partial charge is 0.220 e. The Hall–Kier alpha value is -2.24. The summed E-state index contributed by atoms with van der Waals surface area (Å²) in [6.45, 7) is 2.90. The molecular weight excluding hydrogens is 290 g/mol. The molecule has 1 aliphatic heterocycles. The first-order chi connectivity index (χ1) is 11.1. The summed E-state index contributed by atoms with van der Waals surface area (Å²) >= 11 is 0. The Kier molecular flexibility index (Phi) is 4.41. The number of rotatable bonds is 3.